The van der Waals surface area contributed by atoms with E-state index in [0.717, 1.165) is 27.5 Å². The number of ether oxygens (including phenoxy) is 2. The Morgan fingerprint density at radius 2 is 1.67 bits per heavy atom. The molecule has 2 fully saturated rings. The van der Waals surface area contributed by atoms with E-state index in [9.17, 15) is 19.2 Å². The predicted molar refractivity (Wildman–Crippen MR) is 182 cm³/mol. The number of piperazine rings is 1. The van der Waals surface area contributed by atoms with Crippen LogP contribution in [0.1, 0.15) is 16.7 Å². The van der Waals surface area contributed by atoms with Crippen LogP contribution in [0.15, 0.2) is 97.1 Å². The van der Waals surface area contributed by atoms with E-state index < -0.39 is 24.2 Å². The number of rotatable bonds is 11. The molecule has 0 radical (unpaired) electrons. The number of benzene rings is 4. The van der Waals surface area contributed by atoms with E-state index in [2.05, 4.69) is 16.0 Å². The van der Waals surface area contributed by atoms with Gasteiger partial charge in [-0.15, -0.1) is 6.42 Å². The van der Waals surface area contributed by atoms with E-state index in [-0.39, 0.29) is 51.0 Å². The van der Waals surface area contributed by atoms with Crippen molar-refractivity contribution in [3.63, 3.8) is 0 Å². The first-order valence-electron chi connectivity index (χ1n) is 16.0. The molecule has 250 valence electrons. The summed E-state index contributed by atoms with van der Waals surface area (Å²) in [5, 5.41) is 8.10. The lowest BCUT2D eigenvalue weighted by Gasteiger charge is -2.46. The van der Waals surface area contributed by atoms with Crippen LogP contribution < -0.4 is 10.1 Å². The molecule has 0 saturated carbocycles. The standard InChI is InChI=1S/C38H37N5O6/c1-3-20-41(38(47)39-22-28-10-5-4-6-11-28)42-25-35(44)43-33(21-27-16-18-31(19-17-27)49-26-36(45)48-2)37(46)40(24-34(42)43)23-30-14-9-13-29-12-7-8-15-32(29)30/h1,4-19,33-34H,20-26H2,2H3,(H,39,47)/t33-,34+/m0/s1. The van der Waals surface area contributed by atoms with E-state index >= 15 is 0 Å². The molecule has 49 heavy (non-hydrogen) atoms. The Labute approximate surface area is 284 Å². The van der Waals surface area contributed by atoms with Gasteiger partial charge in [0.2, 0.25) is 11.8 Å². The molecule has 0 unspecified atom stereocenters. The molecule has 0 bridgehead atoms. The van der Waals surface area contributed by atoms with Gasteiger partial charge in [0.25, 0.3) is 0 Å². The summed E-state index contributed by atoms with van der Waals surface area (Å²) in [4.78, 5) is 56.6. The number of esters is 1. The summed E-state index contributed by atoms with van der Waals surface area (Å²) in [5.74, 6) is 2.06. The Bertz CT molecular complexity index is 1870. The van der Waals surface area contributed by atoms with E-state index in [1.807, 2.05) is 72.8 Å². The van der Waals surface area contributed by atoms with Gasteiger partial charge in [0.15, 0.2) is 6.61 Å². The second-order valence-electron chi connectivity index (χ2n) is 11.9. The Morgan fingerprint density at radius 1 is 0.939 bits per heavy atom. The van der Waals surface area contributed by atoms with Crippen LogP contribution in [0.3, 0.4) is 0 Å². The third-order valence-corrected chi connectivity index (χ3v) is 8.82. The van der Waals surface area contributed by atoms with Crippen LogP contribution >= 0.6 is 0 Å². The number of hydrazine groups is 1. The largest absolute Gasteiger partial charge is 0.482 e. The molecule has 2 atom stereocenters. The summed E-state index contributed by atoms with van der Waals surface area (Å²) >= 11 is 0. The number of fused-ring (bicyclic) bond motifs is 2. The summed E-state index contributed by atoms with van der Waals surface area (Å²) in [6, 6.07) is 29.3. The molecule has 4 aromatic carbocycles. The molecule has 11 nitrogen and oxygen atoms in total. The van der Waals surface area contributed by atoms with Gasteiger partial charge >= 0.3 is 12.0 Å². The Kier molecular flexibility index (Phi) is 10.1. The maximum absolute atomic E-state index is 14.3. The fraction of sp³-hybridized carbons (Fsp3) is 0.263. The number of carbonyl (C=O) groups excluding carboxylic acids is 4. The van der Waals surface area contributed by atoms with Crippen molar-refractivity contribution in [2.45, 2.75) is 31.7 Å². The summed E-state index contributed by atoms with van der Waals surface area (Å²) < 4.78 is 10.1. The smallest absolute Gasteiger partial charge is 0.343 e. The van der Waals surface area contributed by atoms with Crippen molar-refractivity contribution in [2.24, 2.45) is 0 Å². The molecule has 4 amide bonds. The molecule has 2 saturated heterocycles. The van der Waals surface area contributed by atoms with Gasteiger partial charge in [-0.1, -0.05) is 90.8 Å². The number of terminal acetylenes is 1. The first-order valence-corrected chi connectivity index (χ1v) is 16.0. The Balaban J connectivity index is 1.29. The van der Waals surface area contributed by atoms with Gasteiger partial charge in [-0.3, -0.25) is 9.59 Å². The number of urea groups is 1. The van der Waals surface area contributed by atoms with Crippen molar-refractivity contribution in [2.75, 3.05) is 33.4 Å². The Morgan fingerprint density at radius 3 is 2.43 bits per heavy atom. The normalized spacial score (nSPS) is 17.4. The lowest BCUT2D eigenvalue weighted by Crippen LogP contribution is -2.66. The van der Waals surface area contributed by atoms with Gasteiger partial charge in [-0.2, -0.15) is 5.01 Å². The summed E-state index contributed by atoms with van der Waals surface area (Å²) in [7, 11) is 1.29. The molecular formula is C38H37N5O6. The molecule has 2 aliphatic rings. The highest BCUT2D eigenvalue weighted by Crippen LogP contribution is 2.31. The van der Waals surface area contributed by atoms with Gasteiger partial charge in [-0.25, -0.2) is 14.6 Å². The maximum Gasteiger partial charge on any atom is 0.343 e. The molecule has 4 aromatic rings. The second kappa shape index (κ2) is 14.9. The lowest BCUT2D eigenvalue weighted by atomic mass is 9.99. The summed E-state index contributed by atoms with van der Waals surface area (Å²) in [5.41, 5.74) is 2.69. The number of carbonyl (C=O) groups is 4. The highest BCUT2D eigenvalue weighted by Gasteiger charge is 2.52. The molecule has 6 rings (SSSR count). The zero-order valence-electron chi connectivity index (χ0n) is 27.2. The second-order valence-corrected chi connectivity index (χ2v) is 11.9. The lowest BCUT2D eigenvalue weighted by molar-refractivity contribution is -0.157. The fourth-order valence-electron chi connectivity index (χ4n) is 6.40. The summed E-state index contributed by atoms with van der Waals surface area (Å²) in [6.07, 6.45) is 5.33. The monoisotopic (exact) mass is 659 g/mol. The van der Waals surface area contributed by atoms with Crippen LogP contribution in [0, 0.1) is 12.3 Å². The minimum atomic E-state index is -0.840. The minimum Gasteiger partial charge on any atom is -0.482 e. The molecule has 11 heteroatoms. The van der Waals surface area contributed by atoms with Crippen molar-refractivity contribution in [1.82, 2.24) is 25.1 Å². The molecule has 1 N–H and O–H groups in total. The fourth-order valence-corrected chi connectivity index (χ4v) is 6.40. The molecule has 0 aliphatic carbocycles. The van der Waals surface area contributed by atoms with E-state index in [0.29, 0.717) is 12.3 Å². The van der Waals surface area contributed by atoms with Crippen molar-refractivity contribution in [1.29, 1.82) is 0 Å². The van der Waals surface area contributed by atoms with E-state index in [1.54, 1.807) is 39.1 Å². The number of hydrogen-bond acceptors (Lipinski definition) is 7. The number of amides is 4. The zero-order chi connectivity index (χ0) is 34.3. The molecule has 2 heterocycles. The SMILES string of the molecule is C#CCN(C(=O)NCc1ccccc1)N1CC(=O)N2[C@@H](Cc3ccc(OCC(=O)OC)cc3)C(=O)N(Cc3cccc4ccccc34)C[C@@H]21. The zero-order valence-corrected chi connectivity index (χ0v) is 27.2. The van der Waals surface area contributed by atoms with Crippen LogP contribution in [0.5, 0.6) is 5.75 Å². The van der Waals surface area contributed by atoms with Crippen LogP contribution in [0.25, 0.3) is 10.8 Å². The van der Waals surface area contributed by atoms with Gasteiger partial charge < -0.3 is 24.6 Å². The number of nitrogens with zero attached hydrogens (tertiary/aromatic N) is 4. The van der Waals surface area contributed by atoms with Crippen molar-refractivity contribution >= 4 is 34.6 Å². The average Bonchev–Trinajstić information content (AvgIpc) is 3.46. The van der Waals surface area contributed by atoms with E-state index in [1.165, 1.54) is 12.1 Å². The minimum absolute atomic E-state index is 0.0623. The van der Waals surface area contributed by atoms with E-state index in [4.69, 9.17) is 11.2 Å². The summed E-state index contributed by atoms with van der Waals surface area (Å²) in [6.45, 7) is 0.373. The average molecular weight is 660 g/mol. The molecular weight excluding hydrogens is 622 g/mol. The third-order valence-electron chi connectivity index (χ3n) is 8.82. The van der Waals surface area contributed by atoms with Crippen molar-refractivity contribution < 1.29 is 28.7 Å². The quantitative estimate of drug-likeness (QED) is 0.194. The van der Waals surface area contributed by atoms with Gasteiger partial charge in [0, 0.05) is 19.5 Å². The van der Waals surface area contributed by atoms with Crippen molar-refractivity contribution in [3.8, 4) is 18.1 Å². The van der Waals surface area contributed by atoms with Gasteiger partial charge in [0.05, 0.1) is 26.7 Å². The topological polar surface area (TPSA) is 112 Å². The number of methoxy groups -OCH3 is 1. The Hall–Kier alpha value is -5.86. The number of nitrogens with one attached hydrogen (secondary N) is 1. The third kappa shape index (κ3) is 7.35. The van der Waals surface area contributed by atoms with Gasteiger partial charge in [0.1, 0.15) is 18.0 Å². The first-order chi connectivity index (χ1) is 23.9. The molecule has 0 spiro atoms. The van der Waals surface area contributed by atoms with Crippen LogP contribution in [0.2, 0.25) is 0 Å². The molecule has 0 aromatic heterocycles. The van der Waals surface area contributed by atoms with Crippen molar-refractivity contribution in [3.05, 3.63) is 114 Å². The highest BCUT2D eigenvalue weighted by molar-refractivity contribution is 5.92. The maximum atomic E-state index is 14.3. The van der Waals surface area contributed by atoms with Gasteiger partial charge in [-0.05, 0) is 39.6 Å². The molecule has 2 aliphatic heterocycles. The number of hydrogen-bond donors (Lipinski definition) is 1. The highest BCUT2D eigenvalue weighted by atomic mass is 16.6. The van der Waals surface area contributed by atoms with Crippen LogP contribution in [0.4, 0.5) is 4.79 Å². The van der Waals surface area contributed by atoms with Crippen LogP contribution in [-0.2, 0) is 38.6 Å². The van der Waals surface area contributed by atoms with Crippen LogP contribution in [-0.4, -0.2) is 89.2 Å². The predicted octanol–water partition coefficient (Wildman–Crippen LogP) is 3.58. The first kappa shape index (κ1) is 33.1.